The van der Waals surface area contributed by atoms with E-state index in [1.807, 2.05) is 52.7 Å². The molecule has 1 saturated heterocycles. The van der Waals surface area contributed by atoms with Crippen molar-refractivity contribution in [3.8, 4) is 0 Å². The second kappa shape index (κ2) is 7.36. The first-order chi connectivity index (χ1) is 14.8. The summed E-state index contributed by atoms with van der Waals surface area (Å²) in [5.41, 5.74) is 1.84. The van der Waals surface area contributed by atoms with E-state index in [-0.39, 0.29) is 13.0 Å². The number of halogens is 1. The Kier molecular flexibility index (Phi) is 2.91. The van der Waals surface area contributed by atoms with Gasteiger partial charge in [-0.15, -0.1) is 0 Å². The zero-order valence-electron chi connectivity index (χ0n) is 20.8. The summed E-state index contributed by atoms with van der Waals surface area (Å²) in [5.74, 6) is 0. The Hall–Kier alpha value is -1.20. The molecule has 4 rings (SSSR count). The lowest BCUT2D eigenvalue weighted by Crippen LogP contribution is -2.44. The summed E-state index contributed by atoms with van der Waals surface area (Å²) in [6, 6.07) is 13.4. The number of hydrogen-bond donors (Lipinski definition) is 1. The van der Waals surface area contributed by atoms with Crippen LogP contribution in [0.15, 0.2) is 52.3 Å². The van der Waals surface area contributed by atoms with Crippen molar-refractivity contribution in [3.63, 3.8) is 0 Å². The lowest BCUT2D eigenvalue weighted by Gasteiger charge is -2.34. The summed E-state index contributed by atoms with van der Waals surface area (Å²) in [5, 5.41) is 2.44. The van der Waals surface area contributed by atoms with Crippen molar-refractivity contribution in [1.29, 1.82) is 0 Å². The minimum atomic E-state index is -2.78. The molecular formula is C19H22ClN3S. The zero-order chi connectivity index (χ0) is 23.5. The first-order valence-electron chi connectivity index (χ1n) is 11.7. The summed E-state index contributed by atoms with van der Waals surface area (Å²) < 4.78 is 64.6. The van der Waals surface area contributed by atoms with E-state index < -0.39 is 26.0 Å². The molecule has 2 aliphatic heterocycles. The number of rotatable bonds is 4. The lowest BCUT2D eigenvalue weighted by atomic mass is 10.2. The monoisotopic (exact) mass is 367 g/mol. The molecule has 5 heteroatoms. The molecule has 0 atom stereocenters. The third kappa shape index (κ3) is 3.42. The topological polar surface area (TPSA) is 18.5 Å². The Morgan fingerprint density at radius 2 is 1.83 bits per heavy atom. The van der Waals surface area contributed by atoms with Gasteiger partial charge in [-0.25, -0.2) is 0 Å². The van der Waals surface area contributed by atoms with Gasteiger partial charge in [-0.3, -0.25) is 0 Å². The van der Waals surface area contributed by atoms with E-state index in [1.165, 1.54) is 0 Å². The van der Waals surface area contributed by atoms with Crippen molar-refractivity contribution in [2.24, 2.45) is 0 Å². The number of para-hydroxylation sites is 1. The van der Waals surface area contributed by atoms with Crippen molar-refractivity contribution in [3.05, 3.63) is 47.5 Å². The fourth-order valence-corrected chi connectivity index (χ4v) is 4.03. The van der Waals surface area contributed by atoms with Gasteiger partial charge in [0.15, 0.2) is 0 Å². The summed E-state index contributed by atoms with van der Waals surface area (Å²) in [4.78, 5) is 4.74. The third-order valence-electron chi connectivity index (χ3n) is 3.86. The molecule has 2 heterocycles. The Balaban J connectivity index is 1.61. The van der Waals surface area contributed by atoms with Crippen LogP contribution in [0.4, 0.5) is 11.4 Å². The molecule has 1 N–H and O–H groups in total. The molecule has 126 valence electrons. The molecule has 3 nitrogen and oxygen atoms in total. The van der Waals surface area contributed by atoms with Crippen LogP contribution in [-0.4, -0.2) is 44.0 Å². The van der Waals surface area contributed by atoms with Gasteiger partial charge in [-0.1, -0.05) is 35.5 Å². The summed E-state index contributed by atoms with van der Waals surface area (Å²) >= 11 is 7.85. The van der Waals surface area contributed by atoms with Crippen molar-refractivity contribution in [2.75, 3.05) is 44.0 Å². The van der Waals surface area contributed by atoms with E-state index in [1.54, 1.807) is 11.8 Å². The van der Waals surface area contributed by atoms with Crippen LogP contribution in [-0.2, 0) is 0 Å². The molecule has 1 fully saturated rings. The van der Waals surface area contributed by atoms with Crippen LogP contribution in [0.3, 0.4) is 0 Å². The molecule has 2 aromatic rings. The van der Waals surface area contributed by atoms with Crippen LogP contribution < -0.4 is 10.2 Å². The van der Waals surface area contributed by atoms with Crippen LogP contribution in [0.1, 0.15) is 17.4 Å². The summed E-state index contributed by atoms with van der Waals surface area (Å²) in [6.07, 6.45) is 0.260. The Bertz CT molecular complexity index is 1010. The fourth-order valence-electron chi connectivity index (χ4n) is 2.79. The number of nitrogens with one attached hydrogen (secondary N) is 1. The average molecular weight is 368 g/mol. The minimum Gasteiger partial charge on any atom is -0.340 e. The molecule has 0 spiro atoms. The number of hydrogen-bond acceptors (Lipinski definition) is 4. The zero-order valence-corrected chi connectivity index (χ0v) is 14.4. The summed E-state index contributed by atoms with van der Waals surface area (Å²) in [7, 11) is 0. The molecule has 0 aliphatic carbocycles. The Labute approximate surface area is 164 Å². The van der Waals surface area contributed by atoms with Crippen molar-refractivity contribution >= 4 is 34.7 Å². The van der Waals surface area contributed by atoms with Crippen LogP contribution in [0.25, 0.3) is 0 Å². The van der Waals surface area contributed by atoms with Gasteiger partial charge in [0.2, 0.25) is 0 Å². The van der Waals surface area contributed by atoms with Gasteiger partial charge < -0.3 is 15.1 Å². The van der Waals surface area contributed by atoms with Crippen molar-refractivity contribution in [2.45, 2.75) is 16.2 Å². The molecule has 0 bridgehead atoms. The SMILES string of the molecule is [2H]C1([2H])NC([2H])([2H])C([2H])([2H])N(CCCN2c3ccccc3Sc3ccc(Cl)cc32)C1([2H])[2H]. The van der Waals surface area contributed by atoms with Gasteiger partial charge in [0.1, 0.15) is 0 Å². The Morgan fingerprint density at radius 3 is 2.71 bits per heavy atom. The van der Waals surface area contributed by atoms with Gasteiger partial charge >= 0.3 is 0 Å². The van der Waals surface area contributed by atoms with Crippen molar-refractivity contribution < 1.29 is 11.0 Å². The van der Waals surface area contributed by atoms with Gasteiger partial charge in [-0.05, 0) is 43.3 Å². The molecule has 0 aromatic heterocycles. The maximum Gasteiger partial charge on any atom is 0.0567 e. The van der Waals surface area contributed by atoms with Crippen molar-refractivity contribution in [1.82, 2.24) is 10.2 Å². The van der Waals surface area contributed by atoms with E-state index >= 15 is 0 Å². The molecule has 0 saturated carbocycles. The van der Waals surface area contributed by atoms with E-state index in [9.17, 15) is 0 Å². The normalized spacial score (nSPS) is 30.8. The van der Waals surface area contributed by atoms with Crippen LogP contribution in [0.5, 0.6) is 0 Å². The van der Waals surface area contributed by atoms with Gasteiger partial charge in [0.05, 0.1) is 11.4 Å². The van der Waals surface area contributed by atoms with E-state index in [0.29, 0.717) is 16.5 Å². The lowest BCUT2D eigenvalue weighted by molar-refractivity contribution is 0.239. The average Bonchev–Trinajstić information content (AvgIpc) is 2.68. The highest BCUT2D eigenvalue weighted by molar-refractivity contribution is 7.99. The van der Waals surface area contributed by atoms with Gasteiger partial charge in [-0.2, -0.15) is 0 Å². The molecule has 0 amide bonds. The highest BCUT2D eigenvalue weighted by Gasteiger charge is 2.23. The van der Waals surface area contributed by atoms with Crippen LogP contribution >= 0.6 is 23.4 Å². The molecule has 2 aromatic carbocycles. The van der Waals surface area contributed by atoms with E-state index in [0.717, 1.165) is 21.2 Å². The minimum absolute atomic E-state index is 0.192. The predicted octanol–water partition coefficient (Wildman–Crippen LogP) is 4.24. The maximum absolute atomic E-state index is 8.22. The molecule has 2 aliphatic rings. The van der Waals surface area contributed by atoms with Gasteiger partial charge in [0.25, 0.3) is 0 Å². The number of piperazine rings is 1. The third-order valence-corrected chi connectivity index (χ3v) is 5.22. The molecule has 0 unspecified atom stereocenters. The van der Waals surface area contributed by atoms with E-state index in [2.05, 4.69) is 0 Å². The second-order valence-electron chi connectivity index (χ2n) is 5.44. The second-order valence-corrected chi connectivity index (χ2v) is 6.96. The molecule has 24 heavy (non-hydrogen) atoms. The van der Waals surface area contributed by atoms with Crippen LogP contribution in [0.2, 0.25) is 5.02 Å². The number of fused-ring (bicyclic) bond motifs is 2. The quantitative estimate of drug-likeness (QED) is 0.870. The fraction of sp³-hybridized carbons (Fsp3) is 0.368. The van der Waals surface area contributed by atoms with Gasteiger partial charge in [0, 0.05) is 58.3 Å². The smallest absolute Gasteiger partial charge is 0.0567 e. The molecular weight excluding hydrogens is 338 g/mol. The number of nitrogens with zero attached hydrogens (tertiary/aromatic N) is 2. The maximum atomic E-state index is 8.22. The first kappa shape index (κ1) is 9.48. The highest BCUT2D eigenvalue weighted by atomic mass is 35.5. The van der Waals surface area contributed by atoms with Crippen LogP contribution in [0, 0.1) is 0 Å². The Morgan fingerprint density at radius 1 is 1.04 bits per heavy atom. The number of benzene rings is 2. The first-order valence-corrected chi connectivity index (χ1v) is 8.88. The number of anilines is 2. The molecule has 0 radical (unpaired) electrons. The largest absolute Gasteiger partial charge is 0.340 e. The standard InChI is InChI=1S/C19H22ClN3S/c20-15-6-7-19-17(14-15)23(16-4-1-2-5-18(16)24-19)11-3-10-22-12-8-21-9-13-22/h1-2,4-7,14,21H,3,8-13H2/i8D2,9D2,12D2,13D2. The highest BCUT2D eigenvalue weighted by Crippen LogP contribution is 2.48. The predicted molar refractivity (Wildman–Crippen MR) is 103 cm³/mol. The summed E-state index contributed by atoms with van der Waals surface area (Å²) in [6.45, 7) is -10.9. The van der Waals surface area contributed by atoms with E-state index in [4.69, 9.17) is 22.6 Å².